The highest BCUT2D eigenvalue weighted by Crippen LogP contribution is 2.13. The number of amides is 1. The molecule has 0 spiro atoms. The van der Waals surface area contributed by atoms with Crippen LogP contribution in [0.5, 0.6) is 0 Å². The Morgan fingerprint density at radius 1 is 0.676 bits per heavy atom. The Labute approximate surface area is 212 Å². The van der Waals surface area contributed by atoms with Gasteiger partial charge in [0.25, 0.3) is 0 Å². The van der Waals surface area contributed by atoms with Gasteiger partial charge in [-0.25, -0.2) is 0 Å². The molecule has 0 heterocycles. The Balaban J connectivity index is 3.63. The van der Waals surface area contributed by atoms with Crippen LogP contribution in [0.3, 0.4) is 0 Å². The number of hydrogen-bond acceptors (Lipinski definition) is 3. The van der Waals surface area contributed by atoms with E-state index in [2.05, 4.69) is 31.3 Å². The molecule has 0 aromatic heterocycles. The van der Waals surface area contributed by atoms with Crippen molar-refractivity contribution in [3.63, 3.8) is 0 Å². The number of carbonyl (C=O) groups excluding carboxylic acids is 1. The molecule has 0 unspecified atom stereocenters. The first-order valence-corrected chi connectivity index (χ1v) is 14.9. The van der Waals surface area contributed by atoms with Gasteiger partial charge in [0.1, 0.15) is 0 Å². The van der Waals surface area contributed by atoms with E-state index < -0.39 is 12.1 Å². The molecular formula is C30H59NO3. The number of rotatable bonds is 26. The lowest BCUT2D eigenvalue weighted by atomic mass is 10.0. The van der Waals surface area contributed by atoms with Crippen LogP contribution in [0.4, 0.5) is 0 Å². The van der Waals surface area contributed by atoms with E-state index in [4.69, 9.17) is 0 Å². The molecule has 34 heavy (non-hydrogen) atoms. The zero-order chi connectivity index (χ0) is 25.1. The first-order valence-electron chi connectivity index (χ1n) is 14.9. The number of hydrogen-bond donors (Lipinski definition) is 3. The van der Waals surface area contributed by atoms with Gasteiger partial charge < -0.3 is 15.5 Å². The lowest BCUT2D eigenvalue weighted by molar-refractivity contribution is -0.123. The van der Waals surface area contributed by atoms with Crippen LogP contribution in [-0.4, -0.2) is 34.9 Å². The average Bonchev–Trinajstić information content (AvgIpc) is 2.84. The minimum Gasteiger partial charge on any atom is -0.394 e. The Kier molecular flexibility index (Phi) is 26.0. The molecular weight excluding hydrogens is 422 g/mol. The van der Waals surface area contributed by atoms with Crippen molar-refractivity contribution in [2.75, 3.05) is 6.61 Å². The molecule has 0 saturated heterocycles. The summed E-state index contributed by atoms with van der Waals surface area (Å²) in [6, 6.07) is -0.532. The van der Waals surface area contributed by atoms with E-state index in [0.29, 0.717) is 12.8 Å². The standard InChI is InChI=1S/C30H59NO3/c1-3-5-7-9-11-13-14-15-16-18-20-22-24-26-30(34)31-28(27-32)29(33)25-23-21-19-17-12-10-8-6-4-2/h13-14,28-29,32-33H,3-12,15-27H2,1-2H3,(H,31,34)/b14-13+/t28-,29+/m0/s1. The van der Waals surface area contributed by atoms with E-state index in [1.54, 1.807) is 0 Å². The Hall–Kier alpha value is -0.870. The smallest absolute Gasteiger partial charge is 0.220 e. The maximum Gasteiger partial charge on any atom is 0.220 e. The molecule has 4 nitrogen and oxygen atoms in total. The SMILES string of the molecule is CCCCCC/C=C/CCCCCCCC(=O)N[C@@H](CO)[C@H](O)CCCCCCCCCCC. The molecule has 0 aliphatic heterocycles. The van der Waals surface area contributed by atoms with Crippen LogP contribution in [0.1, 0.15) is 155 Å². The van der Waals surface area contributed by atoms with E-state index >= 15 is 0 Å². The summed E-state index contributed by atoms with van der Waals surface area (Å²) in [7, 11) is 0. The zero-order valence-corrected chi connectivity index (χ0v) is 22.9. The summed E-state index contributed by atoms with van der Waals surface area (Å²) in [6.45, 7) is 4.29. The summed E-state index contributed by atoms with van der Waals surface area (Å²) in [5, 5.41) is 22.8. The van der Waals surface area contributed by atoms with Gasteiger partial charge in [0, 0.05) is 6.42 Å². The van der Waals surface area contributed by atoms with Crippen LogP contribution >= 0.6 is 0 Å². The third kappa shape index (κ3) is 22.9. The number of allylic oxidation sites excluding steroid dienone is 2. The number of aliphatic hydroxyl groups is 2. The van der Waals surface area contributed by atoms with E-state index in [9.17, 15) is 15.0 Å². The Bertz CT molecular complexity index is 452. The van der Waals surface area contributed by atoms with Gasteiger partial charge in [0.2, 0.25) is 5.91 Å². The summed E-state index contributed by atoms with van der Waals surface area (Å²) in [5.74, 6) is -0.0452. The molecule has 2 atom stereocenters. The molecule has 0 aromatic carbocycles. The summed E-state index contributed by atoms with van der Waals surface area (Å²) >= 11 is 0. The van der Waals surface area contributed by atoms with Gasteiger partial charge in [-0.2, -0.15) is 0 Å². The van der Waals surface area contributed by atoms with Crippen LogP contribution in [0.15, 0.2) is 12.2 Å². The fourth-order valence-electron chi connectivity index (χ4n) is 4.41. The molecule has 0 aliphatic rings. The van der Waals surface area contributed by atoms with Crippen LogP contribution in [0.2, 0.25) is 0 Å². The molecule has 202 valence electrons. The van der Waals surface area contributed by atoms with E-state index in [0.717, 1.165) is 25.7 Å². The quantitative estimate of drug-likeness (QED) is 0.0865. The minimum atomic E-state index is -0.654. The third-order valence-corrected chi connectivity index (χ3v) is 6.78. The van der Waals surface area contributed by atoms with Gasteiger partial charge >= 0.3 is 0 Å². The van der Waals surface area contributed by atoms with Crippen molar-refractivity contribution in [1.82, 2.24) is 5.32 Å². The van der Waals surface area contributed by atoms with E-state index in [1.165, 1.54) is 103 Å². The normalized spacial score (nSPS) is 13.4. The van der Waals surface area contributed by atoms with Crippen molar-refractivity contribution in [3.8, 4) is 0 Å². The maximum absolute atomic E-state index is 12.2. The predicted octanol–water partition coefficient (Wildman–Crippen LogP) is 8.00. The lowest BCUT2D eigenvalue weighted by Crippen LogP contribution is -2.45. The second kappa shape index (κ2) is 26.7. The van der Waals surface area contributed by atoms with Crippen LogP contribution in [0.25, 0.3) is 0 Å². The molecule has 4 heteroatoms. The van der Waals surface area contributed by atoms with E-state index in [-0.39, 0.29) is 12.5 Å². The molecule has 3 N–H and O–H groups in total. The van der Waals surface area contributed by atoms with Crippen LogP contribution in [0, 0.1) is 0 Å². The highest BCUT2D eigenvalue weighted by molar-refractivity contribution is 5.76. The number of unbranched alkanes of at least 4 members (excludes halogenated alkanes) is 17. The Morgan fingerprint density at radius 2 is 1.12 bits per heavy atom. The molecule has 0 radical (unpaired) electrons. The first kappa shape index (κ1) is 33.1. The van der Waals surface area contributed by atoms with Crippen molar-refractivity contribution >= 4 is 5.91 Å². The highest BCUT2D eigenvalue weighted by atomic mass is 16.3. The monoisotopic (exact) mass is 481 g/mol. The van der Waals surface area contributed by atoms with Crippen molar-refractivity contribution in [2.24, 2.45) is 0 Å². The highest BCUT2D eigenvalue weighted by Gasteiger charge is 2.19. The second-order valence-electron chi connectivity index (χ2n) is 10.2. The van der Waals surface area contributed by atoms with Crippen molar-refractivity contribution < 1.29 is 15.0 Å². The lowest BCUT2D eigenvalue weighted by Gasteiger charge is -2.22. The molecule has 0 fully saturated rings. The van der Waals surface area contributed by atoms with Crippen LogP contribution in [-0.2, 0) is 4.79 Å². The van der Waals surface area contributed by atoms with Gasteiger partial charge in [0.15, 0.2) is 0 Å². The predicted molar refractivity (Wildman–Crippen MR) is 147 cm³/mol. The van der Waals surface area contributed by atoms with E-state index in [1.807, 2.05) is 0 Å². The summed E-state index contributed by atoms with van der Waals surface area (Å²) in [6.07, 6.45) is 29.6. The molecule has 0 saturated carbocycles. The molecule has 1 amide bonds. The van der Waals surface area contributed by atoms with Crippen molar-refractivity contribution in [1.29, 1.82) is 0 Å². The summed E-state index contributed by atoms with van der Waals surface area (Å²) in [5.41, 5.74) is 0. The fourth-order valence-corrected chi connectivity index (χ4v) is 4.41. The van der Waals surface area contributed by atoms with Gasteiger partial charge in [-0.15, -0.1) is 0 Å². The zero-order valence-electron chi connectivity index (χ0n) is 22.9. The fraction of sp³-hybridized carbons (Fsp3) is 0.900. The third-order valence-electron chi connectivity index (χ3n) is 6.78. The first-order chi connectivity index (χ1) is 16.7. The average molecular weight is 482 g/mol. The minimum absolute atomic E-state index is 0.0452. The molecule has 0 bridgehead atoms. The van der Waals surface area contributed by atoms with Gasteiger partial charge in [0.05, 0.1) is 18.8 Å². The van der Waals surface area contributed by atoms with Crippen molar-refractivity contribution in [3.05, 3.63) is 12.2 Å². The Morgan fingerprint density at radius 3 is 1.65 bits per heavy atom. The van der Waals surface area contributed by atoms with Gasteiger partial charge in [-0.05, 0) is 38.5 Å². The molecule has 0 aliphatic carbocycles. The second-order valence-corrected chi connectivity index (χ2v) is 10.2. The van der Waals surface area contributed by atoms with Gasteiger partial charge in [-0.1, -0.05) is 122 Å². The molecule has 0 aromatic rings. The number of nitrogens with one attached hydrogen (secondary N) is 1. The summed E-state index contributed by atoms with van der Waals surface area (Å²) in [4.78, 5) is 12.2. The number of aliphatic hydroxyl groups excluding tert-OH is 2. The summed E-state index contributed by atoms with van der Waals surface area (Å²) < 4.78 is 0. The maximum atomic E-state index is 12.2. The van der Waals surface area contributed by atoms with Crippen molar-refractivity contribution in [2.45, 2.75) is 167 Å². The number of carbonyl (C=O) groups is 1. The van der Waals surface area contributed by atoms with Gasteiger partial charge in [-0.3, -0.25) is 4.79 Å². The topological polar surface area (TPSA) is 69.6 Å². The van der Waals surface area contributed by atoms with Crippen LogP contribution < -0.4 is 5.32 Å². The molecule has 0 rings (SSSR count). The largest absolute Gasteiger partial charge is 0.394 e.